The van der Waals surface area contributed by atoms with Gasteiger partial charge in [-0.05, 0) is 24.8 Å². The molecule has 2 aromatic heterocycles. The van der Waals surface area contributed by atoms with Crippen LogP contribution >= 0.6 is 23.1 Å². The third-order valence-electron chi connectivity index (χ3n) is 4.44. The van der Waals surface area contributed by atoms with Crippen molar-refractivity contribution in [3.63, 3.8) is 0 Å². The number of hydrogen-bond donors (Lipinski definition) is 1. The zero-order chi connectivity index (χ0) is 18.6. The van der Waals surface area contributed by atoms with E-state index in [1.54, 1.807) is 6.20 Å². The molecule has 2 heterocycles. The monoisotopic (exact) mass is 398 g/mol. The van der Waals surface area contributed by atoms with Crippen LogP contribution in [0.4, 0.5) is 5.13 Å². The van der Waals surface area contributed by atoms with Gasteiger partial charge in [0.1, 0.15) is 0 Å². The molecule has 4 rings (SSSR count). The van der Waals surface area contributed by atoms with Gasteiger partial charge < -0.3 is 9.88 Å². The molecule has 7 heteroatoms. The fourth-order valence-electron chi connectivity index (χ4n) is 2.92. The van der Waals surface area contributed by atoms with Crippen LogP contribution in [0, 0.1) is 0 Å². The molecule has 0 saturated heterocycles. The Morgan fingerprint density at radius 1 is 1.33 bits per heavy atom. The average Bonchev–Trinajstić information content (AvgIpc) is 3.23. The lowest BCUT2D eigenvalue weighted by Crippen LogP contribution is -2.14. The summed E-state index contributed by atoms with van der Waals surface area (Å²) in [5.41, 5.74) is 3.31. The summed E-state index contributed by atoms with van der Waals surface area (Å²) in [7, 11) is 0. The molecular weight excluding hydrogens is 376 g/mol. The first kappa shape index (κ1) is 18.3. The lowest BCUT2D eigenvalue weighted by atomic mass is 10.1. The number of benzene rings is 1. The van der Waals surface area contributed by atoms with Gasteiger partial charge >= 0.3 is 0 Å². The predicted octanol–water partition coefficient (Wildman–Crippen LogP) is 5.02. The van der Waals surface area contributed by atoms with Crippen LogP contribution in [0.1, 0.15) is 37.8 Å². The van der Waals surface area contributed by atoms with Gasteiger partial charge in [-0.2, -0.15) is 0 Å². The summed E-state index contributed by atoms with van der Waals surface area (Å²) >= 11 is 2.93. The number of aryl methyl sites for hydroxylation is 1. The second-order valence-electron chi connectivity index (χ2n) is 6.67. The first-order valence-electron chi connectivity index (χ1n) is 9.23. The number of imidazole rings is 1. The average molecular weight is 399 g/mol. The molecule has 1 aliphatic carbocycles. The van der Waals surface area contributed by atoms with Crippen LogP contribution in [0.2, 0.25) is 0 Å². The fraction of sp³-hybridized carbons (Fsp3) is 0.350. The van der Waals surface area contributed by atoms with Crippen LogP contribution in [0.5, 0.6) is 0 Å². The van der Waals surface area contributed by atoms with Crippen LogP contribution in [-0.4, -0.2) is 26.2 Å². The molecule has 1 N–H and O–H groups in total. The van der Waals surface area contributed by atoms with Gasteiger partial charge in [0.2, 0.25) is 5.91 Å². The first-order chi connectivity index (χ1) is 13.2. The van der Waals surface area contributed by atoms with Crippen LogP contribution in [0.15, 0.2) is 47.2 Å². The van der Waals surface area contributed by atoms with Crippen molar-refractivity contribution in [3.05, 3.63) is 47.6 Å². The number of nitrogens with zero attached hydrogens (tertiary/aromatic N) is 3. The number of nitrogens with one attached hydrogen (secondary N) is 1. The number of aromatic nitrogens is 3. The number of anilines is 1. The largest absolute Gasteiger partial charge is 0.323 e. The molecule has 0 unspecified atom stereocenters. The van der Waals surface area contributed by atoms with Gasteiger partial charge in [-0.3, -0.25) is 4.79 Å². The lowest BCUT2D eigenvalue weighted by Gasteiger charge is -2.05. The first-order valence-corrected chi connectivity index (χ1v) is 11.1. The number of carbonyl (C=O) groups is 1. The third-order valence-corrected chi connectivity index (χ3v) is 6.18. The molecule has 1 amide bonds. The Morgan fingerprint density at radius 2 is 2.15 bits per heavy atom. The molecule has 1 aliphatic rings. The lowest BCUT2D eigenvalue weighted by molar-refractivity contribution is -0.113. The molecule has 0 spiro atoms. The molecule has 0 bridgehead atoms. The van der Waals surface area contributed by atoms with Gasteiger partial charge in [0.25, 0.3) is 0 Å². The van der Waals surface area contributed by atoms with Crippen molar-refractivity contribution in [2.75, 3.05) is 11.1 Å². The van der Waals surface area contributed by atoms with Crippen molar-refractivity contribution in [1.29, 1.82) is 0 Å². The molecule has 1 fully saturated rings. The Balaban J connectivity index is 1.33. The van der Waals surface area contributed by atoms with Crippen molar-refractivity contribution < 1.29 is 4.79 Å². The van der Waals surface area contributed by atoms with Gasteiger partial charge in [0, 0.05) is 29.4 Å². The molecule has 0 radical (unpaired) electrons. The van der Waals surface area contributed by atoms with E-state index < -0.39 is 0 Å². The van der Waals surface area contributed by atoms with Crippen LogP contribution in [0.3, 0.4) is 0 Å². The number of thioether (sulfide) groups is 1. The molecule has 1 saturated carbocycles. The maximum absolute atomic E-state index is 12.3. The smallest absolute Gasteiger partial charge is 0.236 e. The standard InChI is InChI=1S/C20H22N4OS2/c1-2-3-14-4-6-15(7-5-14)17-12-26-19(22-17)23-18(25)13-27-20-21-10-11-24(20)16-8-9-16/h4-7,10-12,16H,2-3,8-9,13H2,1H3,(H,22,23,25). The van der Waals surface area contributed by atoms with Crippen molar-refractivity contribution in [2.45, 2.75) is 43.8 Å². The summed E-state index contributed by atoms with van der Waals surface area (Å²) in [6.45, 7) is 2.18. The maximum Gasteiger partial charge on any atom is 0.236 e. The van der Waals surface area contributed by atoms with Crippen LogP contribution < -0.4 is 5.32 Å². The summed E-state index contributed by atoms with van der Waals surface area (Å²) in [4.78, 5) is 21.2. The number of thiazole rings is 1. The Morgan fingerprint density at radius 3 is 2.89 bits per heavy atom. The van der Waals surface area contributed by atoms with E-state index in [9.17, 15) is 4.79 Å². The van der Waals surface area contributed by atoms with E-state index in [0.29, 0.717) is 16.9 Å². The normalized spacial score (nSPS) is 13.7. The molecule has 5 nitrogen and oxygen atoms in total. The van der Waals surface area contributed by atoms with E-state index in [0.717, 1.165) is 29.3 Å². The Bertz CT molecular complexity index is 912. The molecule has 27 heavy (non-hydrogen) atoms. The van der Waals surface area contributed by atoms with E-state index in [1.807, 2.05) is 11.6 Å². The summed E-state index contributed by atoms with van der Waals surface area (Å²) in [5, 5.41) is 6.44. The summed E-state index contributed by atoms with van der Waals surface area (Å²) in [6, 6.07) is 9.06. The zero-order valence-electron chi connectivity index (χ0n) is 15.2. The molecule has 140 valence electrons. The third kappa shape index (κ3) is 4.59. The molecule has 0 atom stereocenters. The molecular formula is C20H22N4OS2. The summed E-state index contributed by atoms with van der Waals surface area (Å²) in [5.74, 6) is 0.286. The van der Waals surface area contributed by atoms with Gasteiger partial charge in [0.05, 0.1) is 11.4 Å². The van der Waals surface area contributed by atoms with E-state index in [1.165, 1.54) is 41.5 Å². The second kappa shape index (κ2) is 8.27. The highest BCUT2D eigenvalue weighted by molar-refractivity contribution is 7.99. The van der Waals surface area contributed by atoms with Gasteiger partial charge in [-0.25, -0.2) is 9.97 Å². The van der Waals surface area contributed by atoms with E-state index in [2.05, 4.69) is 51.0 Å². The summed E-state index contributed by atoms with van der Waals surface area (Å²) < 4.78 is 2.17. The van der Waals surface area contributed by atoms with Crippen LogP contribution in [-0.2, 0) is 11.2 Å². The number of rotatable bonds is 8. The molecule has 3 aromatic rings. The zero-order valence-corrected chi connectivity index (χ0v) is 16.9. The topological polar surface area (TPSA) is 59.8 Å². The van der Waals surface area contributed by atoms with E-state index in [-0.39, 0.29) is 5.91 Å². The van der Waals surface area contributed by atoms with Crippen molar-refractivity contribution >= 4 is 34.1 Å². The van der Waals surface area contributed by atoms with E-state index in [4.69, 9.17) is 0 Å². The van der Waals surface area contributed by atoms with Gasteiger partial charge in [-0.15, -0.1) is 11.3 Å². The van der Waals surface area contributed by atoms with Gasteiger partial charge in [0.15, 0.2) is 10.3 Å². The predicted molar refractivity (Wildman–Crippen MR) is 111 cm³/mol. The number of amides is 1. The quantitative estimate of drug-likeness (QED) is 0.541. The van der Waals surface area contributed by atoms with Crippen molar-refractivity contribution in [1.82, 2.24) is 14.5 Å². The SMILES string of the molecule is CCCc1ccc(-c2csc(NC(=O)CSc3nccn3C3CC3)n2)cc1. The minimum atomic E-state index is -0.0514. The highest BCUT2D eigenvalue weighted by atomic mass is 32.2. The maximum atomic E-state index is 12.3. The van der Waals surface area contributed by atoms with Gasteiger partial charge in [-0.1, -0.05) is 49.4 Å². The second-order valence-corrected chi connectivity index (χ2v) is 8.47. The Kier molecular flexibility index (Phi) is 5.59. The molecule has 1 aromatic carbocycles. The number of hydrogen-bond acceptors (Lipinski definition) is 5. The summed E-state index contributed by atoms with van der Waals surface area (Å²) in [6.07, 6.45) is 8.45. The van der Waals surface area contributed by atoms with Crippen LogP contribution in [0.25, 0.3) is 11.3 Å². The van der Waals surface area contributed by atoms with Crippen molar-refractivity contribution in [3.8, 4) is 11.3 Å². The minimum Gasteiger partial charge on any atom is -0.323 e. The fourth-order valence-corrected chi connectivity index (χ4v) is 4.48. The molecule has 0 aliphatic heterocycles. The highest BCUT2D eigenvalue weighted by Crippen LogP contribution is 2.37. The minimum absolute atomic E-state index is 0.0514. The highest BCUT2D eigenvalue weighted by Gasteiger charge is 2.25. The Hall–Kier alpha value is -2.12. The Labute approximate surface area is 167 Å². The van der Waals surface area contributed by atoms with Crippen molar-refractivity contribution in [2.24, 2.45) is 0 Å². The van der Waals surface area contributed by atoms with E-state index >= 15 is 0 Å². The number of carbonyl (C=O) groups excluding carboxylic acids is 1.